The lowest BCUT2D eigenvalue weighted by molar-refractivity contribution is -0.0495. The van der Waals surface area contributed by atoms with Crippen molar-refractivity contribution in [2.45, 2.75) is 32.5 Å². The summed E-state index contributed by atoms with van der Waals surface area (Å²) in [6.45, 7) is 1.81. The first-order valence-electron chi connectivity index (χ1n) is 10.1. The molecule has 31 heavy (non-hydrogen) atoms. The zero-order chi connectivity index (χ0) is 21.3. The van der Waals surface area contributed by atoms with Gasteiger partial charge >= 0.3 is 6.61 Å². The monoisotopic (exact) mass is 546 g/mol. The standard InChI is InChI=1S/C22H28F2N4O2.HI/c1-3-25-22(26-14-16-8-4-6-10-19(16)29-2)27-17-12-13-28(15-17)18-9-5-7-11-20(18)30-21(23)24;/h4-11,17,21H,3,12-15H2,1-2H3,(H2,25,26,27);1H. The fraction of sp³-hybridized carbons (Fsp3) is 0.409. The van der Waals surface area contributed by atoms with Gasteiger partial charge in [0.2, 0.25) is 0 Å². The van der Waals surface area contributed by atoms with Crippen molar-refractivity contribution in [1.29, 1.82) is 0 Å². The van der Waals surface area contributed by atoms with E-state index >= 15 is 0 Å². The number of rotatable bonds is 8. The molecule has 0 radical (unpaired) electrons. The molecule has 2 N–H and O–H groups in total. The van der Waals surface area contributed by atoms with Gasteiger partial charge in [0.05, 0.1) is 19.3 Å². The lowest BCUT2D eigenvalue weighted by atomic mass is 10.2. The summed E-state index contributed by atoms with van der Waals surface area (Å²) in [6.07, 6.45) is 0.863. The molecule has 0 aliphatic carbocycles. The molecular formula is C22H29F2IN4O2. The predicted molar refractivity (Wildman–Crippen MR) is 130 cm³/mol. The van der Waals surface area contributed by atoms with Crippen LogP contribution in [0.3, 0.4) is 0 Å². The van der Waals surface area contributed by atoms with E-state index in [-0.39, 0.29) is 35.8 Å². The summed E-state index contributed by atoms with van der Waals surface area (Å²) in [5, 5.41) is 6.72. The summed E-state index contributed by atoms with van der Waals surface area (Å²) < 4.78 is 35.5. The molecule has 9 heteroatoms. The number of halogens is 3. The lowest BCUT2D eigenvalue weighted by Gasteiger charge is -2.22. The number of aliphatic imine (C=N–C) groups is 1. The first-order chi connectivity index (χ1) is 14.6. The van der Waals surface area contributed by atoms with Crippen molar-refractivity contribution in [1.82, 2.24) is 10.6 Å². The molecule has 1 aliphatic rings. The second kappa shape index (κ2) is 12.5. The topological polar surface area (TPSA) is 58.1 Å². The van der Waals surface area contributed by atoms with Crippen molar-refractivity contribution < 1.29 is 18.3 Å². The van der Waals surface area contributed by atoms with E-state index in [1.165, 1.54) is 0 Å². The third-order valence-corrected chi connectivity index (χ3v) is 4.90. The van der Waals surface area contributed by atoms with E-state index in [4.69, 9.17) is 4.74 Å². The van der Waals surface area contributed by atoms with Gasteiger partial charge in [0.1, 0.15) is 11.5 Å². The van der Waals surface area contributed by atoms with Gasteiger partial charge in [-0.1, -0.05) is 30.3 Å². The number of alkyl halides is 2. The van der Waals surface area contributed by atoms with Crippen molar-refractivity contribution in [3.8, 4) is 11.5 Å². The van der Waals surface area contributed by atoms with E-state index in [1.54, 1.807) is 25.3 Å². The van der Waals surface area contributed by atoms with E-state index < -0.39 is 6.61 Å². The van der Waals surface area contributed by atoms with Crippen molar-refractivity contribution in [2.24, 2.45) is 4.99 Å². The number of benzene rings is 2. The molecule has 1 heterocycles. The van der Waals surface area contributed by atoms with Crippen molar-refractivity contribution in [3.63, 3.8) is 0 Å². The molecule has 170 valence electrons. The number of ether oxygens (including phenoxy) is 2. The minimum Gasteiger partial charge on any atom is -0.496 e. The Morgan fingerprint density at radius 2 is 1.87 bits per heavy atom. The third-order valence-electron chi connectivity index (χ3n) is 4.90. The van der Waals surface area contributed by atoms with Crippen LogP contribution in [0.4, 0.5) is 14.5 Å². The minimum atomic E-state index is -2.84. The van der Waals surface area contributed by atoms with Gasteiger partial charge < -0.3 is 25.0 Å². The highest BCUT2D eigenvalue weighted by Crippen LogP contribution is 2.31. The highest BCUT2D eigenvalue weighted by Gasteiger charge is 2.26. The summed E-state index contributed by atoms with van der Waals surface area (Å²) >= 11 is 0. The van der Waals surface area contributed by atoms with Gasteiger partial charge in [-0.25, -0.2) is 4.99 Å². The lowest BCUT2D eigenvalue weighted by Crippen LogP contribution is -2.44. The van der Waals surface area contributed by atoms with E-state index in [9.17, 15) is 8.78 Å². The van der Waals surface area contributed by atoms with E-state index in [1.807, 2.05) is 37.3 Å². The Balaban J connectivity index is 0.00000341. The van der Waals surface area contributed by atoms with Gasteiger partial charge in [-0.15, -0.1) is 24.0 Å². The van der Waals surface area contributed by atoms with Crippen molar-refractivity contribution in [2.75, 3.05) is 31.6 Å². The number of anilines is 1. The zero-order valence-corrected chi connectivity index (χ0v) is 20.0. The number of hydrogen-bond donors (Lipinski definition) is 2. The summed E-state index contributed by atoms with van der Waals surface area (Å²) in [4.78, 5) is 6.74. The summed E-state index contributed by atoms with van der Waals surface area (Å²) in [6, 6.07) is 14.8. The average molecular weight is 546 g/mol. The second-order valence-electron chi connectivity index (χ2n) is 6.93. The smallest absolute Gasteiger partial charge is 0.387 e. The maximum absolute atomic E-state index is 12.7. The Labute approximate surface area is 199 Å². The maximum Gasteiger partial charge on any atom is 0.387 e. The van der Waals surface area contributed by atoms with Crippen molar-refractivity contribution >= 4 is 35.6 Å². The summed E-state index contributed by atoms with van der Waals surface area (Å²) in [5.74, 6) is 1.72. The Hall–Kier alpha value is -2.30. The molecule has 1 fully saturated rings. The fourth-order valence-corrected chi connectivity index (χ4v) is 3.52. The van der Waals surface area contributed by atoms with Crippen LogP contribution in [-0.4, -0.2) is 45.4 Å². The molecular weight excluding hydrogens is 517 g/mol. The quantitative estimate of drug-likeness (QED) is 0.295. The Bertz CT molecular complexity index is 854. The number of nitrogens with zero attached hydrogens (tertiary/aromatic N) is 2. The molecule has 6 nitrogen and oxygen atoms in total. The second-order valence-corrected chi connectivity index (χ2v) is 6.93. The van der Waals surface area contributed by atoms with Crippen LogP contribution in [0, 0.1) is 0 Å². The van der Waals surface area contributed by atoms with Crippen LogP contribution in [0.5, 0.6) is 11.5 Å². The molecule has 1 saturated heterocycles. The molecule has 1 atom stereocenters. The van der Waals surface area contributed by atoms with E-state index in [0.29, 0.717) is 24.7 Å². The van der Waals surface area contributed by atoms with Crippen LogP contribution in [0.2, 0.25) is 0 Å². The van der Waals surface area contributed by atoms with Gasteiger partial charge in [-0.05, 0) is 31.5 Å². The van der Waals surface area contributed by atoms with Crippen LogP contribution in [-0.2, 0) is 6.54 Å². The van der Waals surface area contributed by atoms with Crippen LogP contribution in [0.1, 0.15) is 18.9 Å². The highest BCUT2D eigenvalue weighted by molar-refractivity contribution is 14.0. The largest absolute Gasteiger partial charge is 0.496 e. The predicted octanol–water partition coefficient (Wildman–Crippen LogP) is 4.25. The first-order valence-corrected chi connectivity index (χ1v) is 10.1. The minimum absolute atomic E-state index is 0. The number of guanidine groups is 1. The molecule has 2 aromatic carbocycles. The molecule has 0 aromatic heterocycles. The number of para-hydroxylation sites is 3. The molecule has 0 bridgehead atoms. The molecule has 0 amide bonds. The normalized spacial score (nSPS) is 16.1. The fourth-order valence-electron chi connectivity index (χ4n) is 3.52. The molecule has 2 aromatic rings. The van der Waals surface area contributed by atoms with Crippen LogP contribution >= 0.6 is 24.0 Å². The third kappa shape index (κ3) is 7.12. The maximum atomic E-state index is 12.7. The Morgan fingerprint density at radius 1 is 1.16 bits per heavy atom. The average Bonchev–Trinajstić information content (AvgIpc) is 3.20. The van der Waals surface area contributed by atoms with Gasteiger partial charge in [-0.2, -0.15) is 8.78 Å². The van der Waals surface area contributed by atoms with Gasteiger partial charge in [0.25, 0.3) is 0 Å². The van der Waals surface area contributed by atoms with Crippen LogP contribution in [0.15, 0.2) is 53.5 Å². The van der Waals surface area contributed by atoms with Crippen LogP contribution in [0.25, 0.3) is 0 Å². The molecule has 0 spiro atoms. The number of nitrogens with one attached hydrogen (secondary N) is 2. The molecule has 0 saturated carbocycles. The van der Waals surface area contributed by atoms with E-state index in [2.05, 4.69) is 25.3 Å². The SMILES string of the molecule is CCNC(=NCc1ccccc1OC)NC1CCN(c2ccccc2OC(F)F)C1.I. The van der Waals surface area contributed by atoms with Crippen LogP contribution < -0.4 is 25.0 Å². The highest BCUT2D eigenvalue weighted by atomic mass is 127. The van der Waals surface area contributed by atoms with Gasteiger partial charge in [0.15, 0.2) is 5.96 Å². The first kappa shape index (κ1) is 25.0. The van der Waals surface area contributed by atoms with Gasteiger partial charge in [0, 0.05) is 31.2 Å². The van der Waals surface area contributed by atoms with Gasteiger partial charge in [-0.3, -0.25) is 0 Å². The van der Waals surface area contributed by atoms with E-state index in [0.717, 1.165) is 30.8 Å². The molecule has 1 aliphatic heterocycles. The molecule has 3 rings (SSSR count). The number of hydrogen-bond acceptors (Lipinski definition) is 4. The summed E-state index contributed by atoms with van der Waals surface area (Å²) in [7, 11) is 1.65. The number of methoxy groups -OCH3 is 1. The Kier molecular flexibility index (Phi) is 10.1. The van der Waals surface area contributed by atoms with Crippen molar-refractivity contribution in [3.05, 3.63) is 54.1 Å². The summed E-state index contributed by atoms with van der Waals surface area (Å²) in [5.41, 5.74) is 1.68. The molecule has 1 unspecified atom stereocenters. The zero-order valence-electron chi connectivity index (χ0n) is 17.7. The Morgan fingerprint density at radius 3 is 2.58 bits per heavy atom.